The Kier molecular flexibility index (Phi) is 8.12. The van der Waals surface area contributed by atoms with Crippen molar-refractivity contribution < 1.29 is 14.4 Å². The molecule has 2 aliphatic heterocycles. The summed E-state index contributed by atoms with van der Waals surface area (Å²) in [5, 5.41) is 14.8. The highest BCUT2D eigenvalue weighted by atomic mass is 16.5. The molecule has 206 valence electrons. The van der Waals surface area contributed by atoms with E-state index in [1.165, 1.54) is 37.7 Å². The van der Waals surface area contributed by atoms with Gasteiger partial charge in [0.25, 0.3) is 0 Å². The van der Waals surface area contributed by atoms with E-state index in [1.54, 1.807) is 0 Å². The molecule has 0 amide bonds. The molecule has 1 N–H and O–H groups in total. The predicted octanol–water partition coefficient (Wildman–Crippen LogP) is 6.27. The number of benzene rings is 2. The number of likely N-dealkylation sites (tertiary alicyclic amines) is 2. The molecule has 6 heteroatoms. The Morgan fingerprint density at radius 2 is 1.59 bits per heavy atom. The van der Waals surface area contributed by atoms with Crippen LogP contribution in [0.25, 0.3) is 11.3 Å². The van der Waals surface area contributed by atoms with Gasteiger partial charge >= 0.3 is 5.97 Å². The summed E-state index contributed by atoms with van der Waals surface area (Å²) in [5.74, 6) is 1.67. The van der Waals surface area contributed by atoms with E-state index in [1.807, 2.05) is 24.3 Å². The number of carboxylic acid groups (broad SMARTS) is 1. The Hall–Kier alpha value is -2.96. The van der Waals surface area contributed by atoms with Crippen LogP contribution in [0.15, 0.2) is 71.3 Å². The molecule has 3 aromatic rings. The van der Waals surface area contributed by atoms with E-state index in [0.29, 0.717) is 17.8 Å². The van der Waals surface area contributed by atoms with Crippen molar-refractivity contribution in [1.29, 1.82) is 0 Å². The summed E-state index contributed by atoms with van der Waals surface area (Å²) in [6.45, 7) is 4.75. The second-order valence-electron chi connectivity index (χ2n) is 12.0. The highest BCUT2D eigenvalue weighted by Crippen LogP contribution is 2.41. The van der Waals surface area contributed by atoms with E-state index in [-0.39, 0.29) is 5.92 Å². The van der Waals surface area contributed by atoms with Gasteiger partial charge in [-0.25, -0.2) is 0 Å². The first-order valence-electron chi connectivity index (χ1n) is 14.9. The van der Waals surface area contributed by atoms with Gasteiger partial charge in [0, 0.05) is 43.1 Å². The monoisotopic (exact) mass is 527 g/mol. The average molecular weight is 528 g/mol. The number of hydrogen-bond acceptors (Lipinski definition) is 5. The summed E-state index contributed by atoms with van der Waals surface area (Å²) in [6, 6.07) is 22.3. The minimum absolute atomic E-state index is 0.0210. The zero-order valence-electron chi connectivity index (χ0n) is 22.8. The maximum atomic E-state index is 12.7. The molecule has 2 aromatic carbocycles. The summed E-state index contributed by atoms with van der Waals surface area (Å²) < 4.78 is 5.79. The van der Waals surface area contributed by atoms with Crippen molar-refractivity contribution >= 4 is 5.97 Å². The van der Waals surface area contributed by atoms with Crippen molar-refractivity contribution in [3.63, 3.8) is 0 Å². The third-order valence-corrected chi connectivity index (χ3v) is 9.45. The van der Waals surface area contributed by atoms with Crippen LogP contribution >= 0.6 is 0 Å². The minimum Gasteiger partial charge on any atom is -0.480 e. The third-order valence-electron chi connectivity index (χ3n) is 9.45. The molecule has 0 spiro atoms. The van der Waals surface area contributed by atoms with Crippen LogP contribution in [-0.2, 0) is 4.79 Å². The maximum Gasteiger partial charge on any atom is 0.321 e. The smallest absolute Gasteiger partial charge is 0.321 e. The molecule has 0 unspecified atom stereocenters. The lowest BCUT2D eigenvalue weighted by Crippen LogP contribution is -2.41. The molecule has 3 fully saturated rings. The summed E-state index contributed by atoms with van der Waals surface area (Å²) in [7, 11) is 0. The number of hydrogen-bond donors (Lipinski definition) is 1. The lowest BCUT2D eigenvalue weighted by Gasteiger charge is -2.34. The molecular formula is C33H41N3O3. The van der Waals surface area contributed by atoms with Crippen LogP contribution in [0.4, 0.5) is 0 Å². The standard InChI is InChI=1S/C33H41N3O3/c37-33(38)32-31(27-14-8-3-9-15-27)28(23-36(32)21-24-10-4-1-5-11-24)22-35-18-16-26(17-19-35)30-20-29(34-39-30)25-12-6-2-7-13-25/h2-3,6-9,12-15,20,24,26,28,31-32H,1,4-5,10-11,16-19,21-23H2,(H,37,38)/t28-,31+,32-/m0/s1. The van der Waals surface area contributed by atoms with Gasteiger partial charge < -0.3 is 14.5 Å². The minimum atomic E-state index is -0.666. The number of carbonyl (C=O) groups is 1. The Balaban J connectivity index is 1.13. The first-order valence-corrected chi connectivity index (χ1v) is 14.9. The van der Waals surface area contributed by atoms with Crippen LogP contribution in [0.3, 0.4) is 0 Å². The van der Waals surface area contributed by atoms with Gasteiger partial charge in [-0.2, -0.15) is 0 Å². The lowest BCUT2D eigenvalue weighted by molar-refractivity contribution is -0.142. The predicted molar refractivity (Wildman–Crippen MR) is 153 cm³/mol. The topological polar surface area (TPSA) is 69.8 Å². The number of nitrogens with zero attached hydrogens (tertiary/aromatic N) is 3. The van der Waals surface area contributed by atoms with Crippen molar-refractivity contribution in [2.24, 2.45) is 11.8 Å². The Morgan fingerprint density at radius 1 is 0.897 bits per heavy atom. The maximum absolute atomic E-state index is 12.7. The normalized spacial score (nSPS) is 25.7. The van der Waals surface area contributed by atoms with Crippen LogP contribution in [0.5, 0.6) is 0 Å². The molecule has 0 bridgehead atoms. The van der Waals surface area contributed by atoms with Crippen molar-refractivity contribution in [3.05, 3.63) is 78.1 Å². The number of aliphatic carboxylic acids is 1. The summed E-state index contributed by atoms with van der Waals surface area (Å²) in [5.41, 5.74) is 3.16. The summed E-state index contributed by atoms with van der Waals surface area (Å²) in [4.78, 5) is 17.6. The van der Waals surface area contributed by atoms with Crippen LogP contribution in [0.1, 0.15) is 68.1 Å². The van der Waals surface area contributed by atoms with Crippen LogP contribution in [0.2, 0.25) is 0 Å². The molecule has 0 radical (unpaired) electrons. The molecule has 6 rings (SSSR count). The fraction of sp³-hybridized carbons (Fsp3) is 0.515. The Bertz CT molecular complexity index is 1200. The molecule has 1 aliphatic carbocycles. The zero-order chi connectivity index (χ0) is 26.6. The second kappa shape index (κ2) is 12.1. The SMILES string of the molecule is O=C(O)[C@@H]1[C@H](c2ccccc2)[C@@H](CN2CCC(c3cc(-c4ccccc4)no3)CC2)CN1CC1CCCCC1. The van der Waals surface area contributed by atoms with Gasteiger partial charge in [-0.1, -0.05) is 85.1 Å². The number of carboxylic acids is 1. The van der Waals surface area contributed by atoms with E-state index in [0.717, 1.165) is 62.6 Å². The van der Waals surface area contributed by atoms with E-state index < -0.39 is 12.0 Å². The first kappa shape index (κ1) is 26.3. The Labute approximate surface area is 232 Å². The molecule has 39 heavy (non-hydrogen) atoms. The van der Waals surface area contributed by atoms with Crippen molar-refractivity contribution in [2.45, 2.75) is 62.8 Å². The first-order chi connectivity index (χ1) is 19.2. The van der Waals surface area contributed by atoms with E-state index in [2.05, 4.69) is 57.4 Å². The van der Waals surface area contributed by atoms with Crippen molar-refractivity contribution in [3.8, 4) is 11.3 Å². The number of rotatable bonds is 8. The number of piperidine rings is 1. The van der Waals surface area contributed by atoms with E-state index in [9.17, 15) is 9.90 Å². The van der Waals surface area contributed by atoms with Gasteiger partial charge in [0.1, 0.15) is 17.5 Å². The molecule has 6 nitrogen and oxygen atoms in total. The van der Waals surface area contributed by atoms with Crippen LogP contribution < -0.4 is 0 Å². The zero-order valence-corrected chi connectivity index (χ0v) is 22.8. The highest BCUT2D eigenvalue weighted by Gasteiger charge is 2.47. The molecular weight excluding hydrogens is 486 g/mol. The van der Waals surface area contributed by atoms with Crippen LogP contribution in [-0.4, -0.2) is 64.8 Å². The van der Waals surface area contributed by atoms with Gasteiger partial charge in [0.15, 0.2) is 0 Å². The highest BCUT2D eigenvalue weighted by molar-refractivity contribution is 5.76. The fourth-order valence-electron chi connectivity index (χ4n) is 7.47. The van der Waals surface area contributed by atoms with Gasteiger partial charge in [0.05, 0.1) is 0 Å². The van der Waals surface area contributed by atoms with Crippen molar-refractivity contribution in [1.82, 2.24) is 15.0 Å². The quantitative estimate of drug-likeness (QED) is 0.372. The Morgan fingerprint density at radius 3 is 2.28 bits per heavy atom. The fourth-order valence-corrected chi connectivity index (χ4v) is 7.47. The summed E-state index contributed by atoms with van der Waals surface area (Å²) in [6.07, 6.45) is 8.46. The molecule has 1 aromatic heterocycles. The molecule has 3 heterocycles. The van der Waals surface area contributed by atoms with Gasteiger partial charge in [0.2, 0.25) is 0 Å². The van der Waals surface area contributed by atoms with Crippen LogP contribution in [0, 0.1) is 11.8 Å². The molecule has 3 aliphatic rings. The van der Waals surface area contributed by atoms with Gasteiger partial charge in [-0.05, 0) is 56.2 Å². The number of aromatic nitrogens is 1. The van der Waals surface area contributed by atoms with E-state index in [4.69, 9.17) is 4.52 Å². The molecule has 2 saturated heterocycles. The lowest BCUT2D eigenvalue weighted by atomic mass is 9.83. The largest absolute Gasteiger partial charge is 0.480 e. The summed E-state index contributed by atoms with van der Waals surface area (Å²) >= 11 is 0. The second-order valence-corrected chi connectivity index (χ2v) is 12.0. The van der Waals surface area contributed by atoms with Crippen molar-refractivity contribution in [2.75, 3.05) is 32.7 Å². The van der Waals surface area contributed by atoms with Gasteiger partial charge in [-0.15, -0.1) is 0 Å². The molecule has 3 atom stereocenters. The average Bonchev–Trinajstić information content (AvgIpc) is 3.61. The molecule has 1 saturated carbocycles. The third kappa shape index (κ3) is 5.97. The van der Waals surface area contributed by atoms with Gasteiger partial charge in [-0.3, -0.25) is 9.69 Å². The van der Waals surface area contributed by atoms with E-state index >= 15 is 0 Å².